The van der Waals surface area contributed by atoms with Crippen molar-refractivity contribution in [3.8, 4) is 0 Å². The molecule has 11 heteroatoms. The molecule has 1 aromatic carbocycles. The van der Waals surface area contributed by atoms with Crippen LogP contribution in [0, 0.1) is 0 Å². The van der Waals surface area contributed by atoms with Crippen LogP contribution in [0.4, 0.5) is 18.9 Å². The molecular weight excluding hydrogens is 447 g/mol. The van der Waals surface area contributed by atoms with Gasteiger partial charge in [0.1, 0.15) is 6.54 Å². The van der Waals surface area contributed by atoms with Crippen LogP contribution in [0.15, 0.2) is 36.6 Å². The molecule has 0 aromatic heterocycles. The highest BCUT2D eigenvalue weighted by Crippen LogP contribution is 2.25. The molecule has 0 spiro atoms. The van der Waals surface area contributed by atoms with Crippen molar-refractivity contribution in [2.45, 2.75) is 13.1 Å². The predicted octanol–water partition coefficient (Wildman–Crippen LogP) is 2.75. The summed E-state index contributed by atoms with van der Waals surface area (Å²) in [6.07, 6.45) is -3.08. The first-order valence-corrected chi connectivity index (χ1v) is 10.3. The Morgan fingerprint density at radius 2 is 1.91 bits per heavy atom. The number of piperazine rings is 1. The summed E-state index contributed by atoms with van der Waals surface area (Å²) in [4.78, 5) is 29.4. The monoisotopic (exact) mass is 473 g/mol. The molecule has 0 aliphatic carbocycles. The summed E-state index contributed by atoms with van der Waals surface area (Å²) in [5.74, 6) is -0.904. The molecule has 0 saturated carbocycles. The van der Waals surface area contributed by atoms with E-state index in [0.29, 0.717) is 22.0 Å². The van der Waals surface area contributed by atoms with Gasteiger partial charge in [0.15, 0.2) is 0 Å². The largest absolute Gasteiger partial charge is 0.401 e. The van der Waals surface area contributed by atoms with Gasteiger partial charge in [0.2, 0.25) is 5.91 Å². The zero-order valence-electron chi connectivity index (χ0n) is 18.0. The Balaban J connectivity index is 2.06. The summed E-state index contributed by atoms with van der Waals surface area (Å²) < 4.78 is 37.6. The SMILES string of the molecule is C=C(C)N(CC(=O)N1CCN(CC(F)(F)F)CC1)C(=O)/C=C(\N)c1ccc(Cl)cc1NC. The fraction of sp³-hybridized carbons (Fsp3) is 0.429. The molecule has 1 fully saturated rings. The first-order chi connectivity index (χ1) is 14.9. The minimum absolute atomic E-state index is 0.114. The maximum absolute atomic E-state index is 12.8. The van der Waals surface area contributed by atoms with Crippen LogP contribution >= 0.6 is 11.6 Å². The van der Waals surface area contributed by atoms with Crippen LogP contribution < -0.4 is 11.1 Å². The summed E-state index contributed by atoms with van der Waals surface area (Å²) in [5, 5.41) is 3.45. The van der Waals surface area contributed by atoms with Gasteiger partial charge in [-0.3, -0.25) is 14.5 Å². The van der Waals surface area contributed by atoms with Crippen molar-refractivity contribution < 1.29 is 22.8 Å². The number of rotatable bonds is 7. The minimum atomic E-state index is -4.28. The summed E-state index contributed by atoms with van der Waals surface area (Å²) in [5.41, 5.74) is 7.83. The Bertz CT molecular complexity index is 896. The molecule has 0 unspecified atom stereocenters. The van der Waals surface area contributed by atoms with Crippen LogP contribution in [0.1, 0.15) is 12.5 Å². The number of nitrogens with one attached hydrogen (secondary N) is 1. The first kappa shape index (κ1) is 25.5. The number of anilines is 1. The van der Waals surface area contributed by atoms with E-state index in [4.69, 9.17) is 17.3 Å². The van der Waals surface area contributed by atoms with E-state index < -0.39 is 18.6 Å². The van der Waals surface area contributed by atoms with E-state index >= 15 is 0 Å². The lowest BCUT2D eigenvalue weighted by Gasteiger charge is -2.36. The quantitative estimate of drug-likeness (QED) is 0.595. The van der Waals surface area contributed by atoms with E-state index in [0.717, 1.165) is 0 Å². The standard InChI is InChI=1S/C21H27ClF3N5O2/c1-14(2)30(12-20(32)29-8-6-28(7-9-29)13-21(23,24)25)19(31)11-17(26)16-5-4-15(22)10-18(16)27-3/h4-5,10-11,27H,1,6-9,12-13,26H2,2-3H3/b17-11-. The van der Waals surface area contributed by atoms with E-state index in [9.17, 15) is 22.8 Å². The smallest absolute Gasteiger partial charge is 0.398 e. The number of carbonyl (C=O) groups is 2. The molecule has 0 radical (unpaired) electrons. The van der Waals surface area contributed by atoms with E-state index in [1.54, 1.807) is 32.2 Å². The number of alkyl halides is 3. The molecule has 1 aliphatic heterocycles. The zero-order valence-corrected chi connectivity index (χ0v) is 18.8. The van der Waals surface area contributed by atoms with Crippen molar-refractivity contribution in [1.82, 2.24) is 14.7 Å². The number of amides is 2. The highest BCUT2D eigenvalue weighted by atomic mass is 35.5. The maximum Gasteiger partial charge on any atom is 0.401 e. The van der Waals surface area contributed by atoms with Gasteiger partial charge in [-0.15, -0.1) is 0 Å². The summed E-state index contributed by atoms with van der Waals surface area (Å²) in [6.45, 7) is 4.58. The lowest BCUT2D eigenvalue weighted by Crippen LogP contribution is -2.53. The Labute approximate surface area is 190 Å². The molecule has 2 amide bonds. The second-order valence-corrected chi connectivity index (χ2v) is 7.91. The van der Waals surface area contributed by atoms with Gasteiger partial charge in [-0.1, -0.05) is 18.2 Å². The van der Waals surface area contributed by atoms with Gasteiger partial charge in [0.25, 0.3) is 5.91 Å². The molecule has 7 nitrogen and oxygen atoms in total. The van der Waals surface area contributed by atoms with Crippen molar-refractivity contribution >= 4 is 34.8 Å². The number of benzene rings is 1. The molecule has 1 aliphatic rings. The van der Waals surface area contributed by atoms with Gasteiger partial charge >= 0.3 is 6.18 Å². The van der Waals surface area contributed by atoms with Gasteiger partial charge < -0.3 is 20.9 Å². The van der Waals surface area contributed by atoms with Crippen LogP contribution in [0.5, 0.6) is 0 Å². The number of allylic oxidation sites excluding steroid dienone is 1. The van der Waals surface area contributed by atoms with Crippen molar-refractivity contribution in [2.24, 2.45) is 5.73 Å². The summed E-state index contributed by atoms with van der Waals surface area (Å²) >= 11 is 5.98. The molecule has 2 rings (SSSR count). The Kier molecular flexibility index (Phi) is 8.57. The van der Waals surface area contributed by atoms with Crippen LogP contribution in [-0.4, -0.2) is 79.0 Å². The van der Waals surface area contributed by atoms with Gasteiger partial charge in [-0.05, 0) is 25.1 Å². The molecule has 3 N–H and O–H groups in total. The topological polar surface area (TPSA) is 81.9 Å². The third-order valence-electron chi connectivity index (χ3n) is 4.99. The second-order valence-electron chi connectivity index (χ2n) is 7.47. The van der Waals surface area contributed by atoms with E-state index in [-0.39, 0.29) is 44.3 Å². The second kappa shape index (κ2) is 10.7. The predicted molar refractivity (Wildman–Crippen MR) is 119 cm³/mol. The number of hydrogen-bond acceptors (Lipinski definition) is 5. The Morgan fingerprint density at radius 3 is 2.44 bits per heavy atom. The third kappa shape index (κ3) is 7.16. The van der Waals surface area contributed by atoms with Crippen LogP contribution in [0.2, 0.25) is 5.02 Å². The van der Waals surface area contributed by atoms with E-state index in [1.165, 1.54) is 20.8 Å². The van der Waals surface area contributed by atoms with E-state index in [2.05, 4.69) is 11.9 Å². The number of carbonyl (C=O) groups excluding carboxylic acids is 2. The summed E-state index contributed by atoms with van der Waals surface area (Å²) in [7, 11) is 1.69. The van der Waals surface area contributed by atoms with Crippen molar-refractivity contribution in [1.29, 1.82) is 0 Å². The van der Waals surface area contributed by atoms with Gasteiger partial charge in [-0.2, -0.15) is 13.2 Å². The van der Waals surface area contributed by atoms with Gasteiger partial charge in [0.05, 0.1) is 6.54 Å². The molecule has 32 heavy (non-hydrogen) atoms. The zero-order chi connectivity index (χ0) is 24.1. The number of hydrogen-bond donors (Lipinski definition) is 2. The third-order valence-corrected chi connectivity index (χ3v) is 5.22. The number of nitrogens with two attached hydrogens (primary N) is 1. The van der Waals surface area contributed by atoms with Gasteiger partial charge in [-0.25, -0.2) is 0 Å². The molecule has 0 atom stereocenters. The van der Waals surface area contributed by atoms with Crippen LogP contribution in [0.3, 0.4) is 0 Å². The molecule has 0 bridgehead atoms. The first-order valence-electron chi connectivity index (χ1n) is 9.90. The average molecular weight is 474 g/mol. The van der Waals surface area contributed by atoms with Crippen molar-refractivity contribution in [3.05, 3.63) is 47.1 Å². The van der Waals surface area contributed by atoms with Crippen molar-refractivity contribution in [3.63, 3.8) is 0 Å². The molecule has 1 saturated heterocycles. The molecular formula is C21H27ClF3N5O2. The Hall–Kier alpha value is -2.72. The molecule has 1 heterocycles. The normalized spacial score (nSPS) is 15.4. The fourth-order valence-corrected chi connectivity index (χ4v) is 3.48. The number of nitrogens with zero attached hydrogens (tertiary/aromatic N) is 3. The maximum atomic E-state index is 12.8. The van der Waals surface area contributed by atoms with E-state index in [1.807, 2.05) is 0 Å². The van der Waals surface area contributed by atoms with Crippen molar-refractivity contribution in [2.75, 3.05) is 51.6 Å². The lowest BCUT2D eigenvalue weighted by molar-refractivity contribution is -0.152. The molecule has 1 aromatic rings. The van der Waals surface area contributed by atoms with Crippen LogP contribution in [0.25, 0.3) is 5.70 Å². The fourth-order valence-electron chi connectivity index (χ4n) is 3.31. The van der Waals surface area contributed by atoms with Gasteiger partial charge in [0, 0.05) is 67.0 Å². The lowest BCUT2D eigenvalue weighted by atomic mass is 10.1. The Morgan fingerprint density at radius 1 is 1.28 bits per heavy atom. The highest BCUT2D eigenvalue weighted by molar-refractivity contribution is 6.31. The van der Waals surface area contributed by atoms with Crippen LogP contribution in [-0.2, 0) is 9.59 Å². The minimum Gasteiger partial charge on any atom is -0.398 e. The number of halogens is 4. The highest BCUT2D eigenvalue weighted by Gasteiger charge is 2.33. The summed E-state index contributed by atoms with van der Waals surface area (Å²) in [6, 6.07) is 4.98. The molecule has 176 valence electrons. The average Bonchev–Trinajstić information content (AvgIpc) is 2.70.